The van der Waals surface area contributed by atoms with E-state index in [1.165, 1.54) is 5.56 Å². The Hall–Kier alpha value is -2.82. The molecule has 0 heterocycles. The Bertz CT molecular complexity index is 686. The lowest BCUT2D eigenvalue weighted by molar-refractivity contribution is -0.126. The first kappa shape index (κ1) is 18.5. The predicted molar refractivity (Wildman–Crippen MR) is 98.6 cm³/mol. The van der Waals surface area contributed by atoms with E-state index < -0.39 is 0 Å². The lowest BCUT2D eigenvalue weighted by atomic mass is 10.1. The van der Waals surface area contributed by atoms with Crippen LogP contribution in [0.15, 0.2) is 54.6 Å². The minimum atomic E-state index is -0.354. The first-order chi connectivity index (χ1) is 12.2. The monoisotopic (exact) mass is 340 g/mol. The molecule has 25 heavy (non-hydrogen) atoms. The number of para-hydroxylation sites is 2. The van der Waals surface area contributed by atoms with Gasteiger partial charge in [0.05, 0.1) is 12.3 Å². The van der Waals surface area contributed by atoms with Crippen molar-refractivity contribution in [2.75, 3.05) is 18.5 Å². The molecule has 0 atom stereocenters. The quantitative estimate of drug-likeness (QED) is 0.544. The van der Waals surface area contributed by atoms with Crippen LogP contribution in [0.4, 0.5) is 5.69 Å². The van der Waals surface area contributed by atoms with Crippen molar-refractivity contribution in [1.82, 2.24) is 5.32 Å². The molecule has 0 radical (unpaired) electrons. The van der Waals surface area contributed by atoms with Crippen LogP contribution < -0.4 is 15.4 Å². The van der Waals surface area contributed by atoms with Gasteiger partial charge in [0, 0.05) is 6.54 Å². The van der Waals surface area contributed by atoms with Crippen molar-refractivity contribution < 1.29 is 14.3 Å². The molecular formula is C20H24N2O3. The van der Waals surface area contributed by atoms with Gasteiger partial charge < -0.3 is 15.4 Å². The minimum absolute atomic E-state index is 0.203. The standard InChI is InChI=1S/C20H24N2O3/c1-2-25-18-13-7-6-12-17(18)22-20(24)15-19(23)21-14-8-11-16-9-4-3-5-10-16/h3-7,9-10,12-13H,2,8,11,14-15H2,1H3,(H,21,23)(H,22,24). The summed E-state index contributed by atoms with van der Waals surface area (Å²) >= 11 is 0. The molecule has 2 N–H and O–H groups in total. The molecule has 0 aliphatic carbocycles. The number of ether oxygens (including phenoxy) is 1. The van der Waals surface area contributed by atoms with E-state index in [9.17, 15) is 9.59 Å². The average molecular weight is 340 g/mol. The van der Waals surface area contributed by atoms with Gasteiger partial charge in [0.2, 0.25) is 11.8 Å². The lowest BCUT2D eigenvalue weighted by Gasteiger charge is -2.11. The van der Waals surface area contributed by atoms with Crippen LogP contribution in [0, 0.1) is 0 Å². The molecule has 2 aromatic rings. The number of rotatable bonds is 9. The van der Waals surface area contributed by atoms with Gasteiger partial charge in [0.1, 0.15) is 12.2 Å². The van der Waals surface area contributed by atoms with Crippen molar-refractivity contribution in [3.8, 4) is 5.75 Å². The maximum absolute atomic E-state index is 12.0. The summed E-state index contributed by atoms with van der Waals surface area (Å²) in [6.07, 6.45) is 1.53. The highest BCUT2D eigenvalue weighted by Gasteiger charge is 2.11. The molecule has 0 aliphatic rings. The van der Waals surface area contributed by atoms with Gasteiger partial charge in [0.15, 0.2) is 0 Å². The van der Waals surface area contributed by atoms with Gasteiger partial charge in [-0.1, -0.05) is 42.5 Å². The zero-order valence-electron chi connectivity index (χ0n) is 14.5. The molecule has 0 saturated carbocycles. The smallest absolute Gasteiger partial charge is 0.233 e. The van der Waals surface area contributed by atoms with E-state index in [4.69, 9.17) is 4.74 Å². The highest BCUT2D eigenvalue weighted by molar-refractivity contribution is 6.04. The summed E-state index contributed by atoms with van der Waals surface area (Å²) in [4.78, 5) is 23.9. The largest absolute Gasteiger partial charge is 0.492 e. The average Bonchev–Trinajstić information content (AvgIpc) is 2.61. The summed E-state index contributed by atoms with van der Waals surface area (Å²) in [5.41, 5.74) is 1.81. The molecule has 132 valence electrons. The van der Waals surface area contributed by atoms with Gasteiger partial charge >= 0.3 is 0 Å². The molecule has 0 spiro atoms. The number of carbonyl (C=O) groups excluding carboxylic acids is 2. The highest BCUT2D eigenvalue weighted by atomic mass is 16.5. The van der Waals surface area contributed by atoms with Gasteiger partial charge in [-0.25, -0.2) is 0 Å². The van der Waals surface area contributed by atoms with Crippen molar-refractivity contribution in [3.05, 3.63) is 60.2 Å². The van der Waals surface area contributed by atoms with Crippen LogP contribution >= 0.6 is 0 Å². The summed E-state index contributed by atoms with van der Waals surface area (Å²) in [5.74, 6) is -0.0335. The Morgan fingerprint density at radius 2 is 1.68 bits per heavy atom. The van der Waals surface area contributed by atoms with Crippen molar-refractivity contribution >= 4 is 17.5 Å². The predicted octanol–water partition coefficient (Wildman–Crippen LogP) is 3.16. The first-order valence-electron chi connectivity index (χ1n) is 8.51. The van der Waals surface area contributed by atoms with Crippen LogP contribution in [0.3, 0.4) is 0 Å². The molecule has 5 heteroatoms. The molecule has 0 aromatic heterocycles. The number of aryl methyl sites for hydroxylation is 1. The second-order valence-electron chi connectivity index (χ2n) is 5.59. The molecule has 0 unspecified atom stereocenters. The van der Waals surface area contributed by atoms with Crippen LogP contribution in [0.25, 0.3) is 0 Å². The molecular weight excluding hydrogens is 316 g/mol. The zero-order chi connectivity index (χ0) is 17.9. The van der Waals surface area contributed by atoms with Gasteiger partial charge in [-0.05, 0) is 37.5 Å². The number of carbonyl (C=O) groups is 2. The maximum atomic E-state index is 12.0. The summed E-state index contributed by atoms with van der Waals surface area (Å²) in [6, 6.07) is 17.3. The Morgan fingerprint density at radius 3 is 2.44 bits per heavy atom. The Balaban J connectivity index is 1.70. The van der Waals surface area contributed by atoms with E-state index in [2.05, 4.69) is 22.8 Å². The highest BCUT2D eigenvalue weighted by Crippen LogP contribution is 2.23. The third kappa shape index (κ3) is 6.67. The molecule has 0 bridgehead atoms. The fourth-order valence-electron chi connectivity index (χ4n) is 2.42. The molecule has 0 fully saturated rings. The molecule has 0 aliphatic heterocycles. The van der Waals surface area contributed by atoms with Crippen LogP contribution in [-0.4, -0.2) is 25.0 Å². The SMILES string of the molecule is CCOc1ccccc1NC(=O)CC(=O)NCCCc1ccccc1. The Kier molecular flexibility index (Phi) is 7.50. The van der Waals surface area contributed by atoms with Crippen molar-refractivity contribution in [2.24, 2.45) is 0 Å². The number of amides is 2. The van der Waals surface area contributed by atoms with Gasteiger partial charge in [-0.15, -0.1) is 0 Å². The van der Waals surface area contributed by atoms with Crippen LogP contribution in [-0.2, 0) is 16.0 Å². The topological polar surface area (TPSA) is 67.4 Å². The molecule has 0 saturated heterocycles. The Morgan fingerprint density at radius 1 is 0.960 bits per heavy atom. The van der Waals surface area contributed by atoms with E-state index in [0.29, 0.717) is 24.6 Å². The minimum Gasteiger partial charge on any atom is -0.492 e. The second-order valence-corrected chi connectivity index (χ2v) is 5.59. The molecule has 2 aromatic carbocycles. The van der Waals surface area contributed by atoms with Gasteiger partial charge in [-0.2, -0.15) is 0 Å². The summed E-state index contributed by atoms with van der Waals surface area (Å²) in [7, 11) is 0. The van der Waals surface area contributed by atoms with E-state index in [0.717, 1.165) is 12.8 Å². The molecule has 5 nitrogen and oxygen atoms in total. The van der Waals surface area contributed by atoms with E-state index in [1.807, 2.05) is 37.3 Å². The van der Waals surface area contributed by atoms with Crippen molar-refractivity contribution in [2.45, 2.75) is 26.2 Å². The Labute approximate surface area is 148 Å². The summed E-state index contributed by atoms with van der Waals surface area (Å²) < 4.78 is 5.45. The van der Waals surface area contributed by atoms with Crippen molar-refractivity contribution in [3.63, 3.8) is 0 Å². The van der Waals surface area contributed by atoms with Gasteiger partial charge in [0.25, 0.3) is 0 Å². The van der Waals surface area contributed by atoms with E-state index in [-0.39, 0.29) is 18.2 Å². The number of hydrogen-bond acceptors (Lipinski definition) is 3. The number of anilines is 1. The number of nitrogens with one attached hydrogen (secondary N) is 2. The lowest BCUT2D eigenvalue weighted by Crippen LogP contribution is -2.29. The number of benzene rings is 2. The van der Waals surface area contributed by atoms with Crippen LogP contribution in [0.5, 0.6) is 5.75 Å². The third-order valence-corrected chi connectivity index (χ3v) is 3.59. The fourth-order valence-corrected chi connectivity index (χ4v) is 2.42. The summed E-state index contributed by atoms with van der Waals surface area (Å²) in [6.45, 7) is 2.94. The molecule has 2 rings (SSSR count). The number of hydrogen-bond donors (Lipinski definition) is 2. The molecule has 2 amide bonds. The second kappa shape index (κ2) is 10.1. The zero-order valence-corrected chi connectivity index (χ0v) is 14.5. The van der Waals surface area contributed by atoms with Crippen molar-refractivity contribution in [1.29, 1.82) is 0 Å². The van der Waals surface area contributed by atoms with Gasteiger partial charge in [-0.3, -0.25) is 9.59 Å². The maximum Gasteiger partial charge on any atom is 0.233 e. The summed E-state index contributed by atoms with van der Waals surface area (Å²) in [5, 5.41) is 5.50. The fraction of sp³-hybridized carbons (Fsp3) is 0.300. The van der Waals surface area contributed by atoms with E-state index >= 15 is 0 Å². The third-order valence-electron chi connectivity index (χ3n) is 3.59. The normalized spacial score (nSPS) is 10.1. The van der Waals surface area contributed by atoms with E-state index in [1.54, 1.807) is 12.1 Å². The van der Waals surface area contributed by atoms with Crippen LogP contribution in [0.2, 0.25) is 0 Å². The first-order valence-corrected chi connectivity index (χ1v) is 8.51. The van der Waals surface area contributed by atoms with Crippen LogP contribution in [0.1, 0.15) is 25.3 Å².